The van der Waals surface area contributed by atoms with Gasteiger partial charge in [-0.1, -0.05) is 20.8 Å². The average molecular weight is 294 g/mol. The lowest BCUT2D eigenvalue weighted by Crippen LogP contribution is -2.49. The quantitative estimate of drug-likeness (QED) is 0.510. The first-order valence-electron chi connectivity index (χ1n) is 6.43. The van der Waals surface area contributed by atoms with Gasteiger partial charge in [0.25, 0.3) is 0 Å². The highest BCUT2D eigenvalue weighted by Gasteiger charge is 2.25. The molecule has 0 spiro atoms. The molecule has 0 aliphatic carbocycles. The van der Waals surface area contributed by atoms with E-state index in [1.54, 1.807) is 0 Å². The number of nitrogens with zero attached hydrogens (tertiary/aromatic N) is 1. The molecule has 0 saturated carbocycles. The molecule has 0 aliphatic heterocycles. The number of nitrogens with one attached hydrogen (secondary N) is 1. The molecule has 6 nitrogen and oxygen atoms in total. The number of carbonyl (C=O) groups is 1. The highest BCUT2D eigenvalue weighted by molar-refractivity contribution is 7.85. The van der Waals surface area contributed by atoms with Gasteiger partial charge in [-0.3, -0.25) is 4.79 Å². The highest BCUT2D eigenvalue weighted by atomic mass is 32.2. The Morgan fingerprint density at radius 2 is 1.79 bits per heavy atom. The van der Waals surface area contributed by atoms with Gasteiger partial charge in [0.05, 0.1) is 39.5 Å². The third kappa shape index (κ3) is 8.18. The van der Waals surface area contributed by atoms with Gasteiger partial charge in [-0.2, -0.15) is 0 Å². The number of quaternary nitrogens is 1. The van der Waals surface area contributed by atoms with E-state index < -0.39 is 15.5 Å². The zero-order valence-electron chi connectivity index (χ0n) is 12.5. The van der Waals surface area contributed by atoms with E-state index in [0.29, 0.717) is 17.6 Å². The average Bonchev–Trinajstić information content (AvgIpc) is 2.25. The maximum Gasteiger partial charge on any atom is 0.225 e. The van der Waals surface area contributed by atoms with Crippen LogP contribution in [0.4, 0.5) is 0 Å². The van der Waals surface area contributed by atoms with Gasteiger partial charge in [-0.25, -0.2) is 8.42 Å². The molecule has 0 rings (SSSR count). The fourth-order valence-electron chi connectivity index (χ4n) is 1.34. The highest BCUT2D eigenvalue weighted by Crippen LogP contribution is 2.19. The third-order valence-electron chi connectivity index (χ3n) is 3.45. The Hall–Kier alpha value is -0.660. The summed E-state index contributed by atoms with van der Waals surface area (Å²) in [4.78, 5) is 11.8. The minimum Gasteiger partial charge on any atom is -0.748 e. The molecule has 0 unspecified atom stereocenters. The molecule has 0 aromatic heterocycles. The summed E-state index contributed by atoms with van der Waals surface area (Å²) in [6.07, 6.45) is 0.755. The van der Waals surface area contributed by atoms with Crippen LogP contribution in [0.2, 0.25) is 0 Å². The molecular formula is C12H26N2O4S. The molecule has 0 atom stereocenters. The molecule has 114 valence electrons. The van der Waals surface area contributed by atoms with Gasteiger partial charge in [0.2, 0.25) is 5.91 Å². The van der Waals surface area contributed by atoms with Crippen molar-refractivity contribution < 1.29 is 22.2 Å². The van der Waals surface area contributed by atoms with E-state index in [0.717, 1.165) is 6.42 Å². The Labute approximate surface area is 116 Å². The van der Waals surface area contributed by atoms with E-state index in [1.165, 1.54) is 0 Å². The van der Waals surface area contributed by atoms with Crippen LogP contribution in [0.25, 0.3) is 0 Å². The molecule has 0 heterocycles. The van der Waals surface area contributed by atoms with Crippen molar-refractivity contribution >= 4 is 16.0 Å². The Balaban J connectivity index is 4.16. The summed E-state index contributed by atoms with van der Waals surface area (Å²) in [5.41, 5.74) is -0.393. The van der Waals surface area contributed by atoms with Crippen LogP contribution in [0.5, 0.6) is 0 Å². The molecule has 1 N–H and O–H groups in total. The van der Waals surface area contributed by atoms with Crippen molar-refractivity contribution in [3.63, 3.8) is 0 Å². The molecule has 0 fully saturated rings. The number of hydrogen-bond acceptors (Lipinski definition) is 4. The molecular weight excluding hydrogens is 268 g/mol. The summed E-state index contributed by atoms with van der Waals surface area (Å²) < 4.78 is 32.2. The van der Waals surface area contributed by atoms with Crippen molar-refractivity contribution in [1.82, 2.24) is 5.32 Å². The molecule has 0 bridgehead atoms. The van der Waals surface area contributed by atoms with Gasteiger partial charge < -0.3 is 14.4 Å². The Morgan fingerprint density at radius 1 is 1.26 bits per heavy atom. The van der Waals surface area contributed by atoms with Gasteiger partial charge in [0, 0.05) is 5.41 Å². The first kappa shape index (κ1) is 18.3. The fourth-order valence-corrected chi connectivity index (χ4v) is 2.06. The summed E-state index contributed by atoms with van der Waals surface area (Å²) in [5.74, 6) is -0.388. The first-order chi connectivity index (χ1) is 8.40. The molecule has 1 amide bonds. The number of likely N-dealkylation sites (N-methyl/N-ethyl adjacent to an activating group) is 1. The van der Waals surface area contributed by atoms with E-state index in [9.17, 15) is 17.8 Å². The van der Waals surface area contributed by atoms with E-state index in [4.69, 9.17) is 0 Å². The second-order valence-corrected chi connectivity index (χ2v) is 7.66. The van der Waals surface area contributed by atoms with Crippen LogP contribution in [-0.2, 0) is 14.9 Å². The topological polar surface area (TPSA) is 86.3 Å². The third-order valence-corrected chi connectivity index (χ3v) is 4.13. The minimum atomic E-state index is -4.18. The fraction of sp³-hybridized carbons (Fsp3) is 0.917. The van der Waals surface area contributed by atoms with Crippen molar-refractivity contribution in [3.05, 3.63) is 0 Å². The lowest BCUT2D eigenvalue weighted by atomic mass is 9.89. The SMILES string of the molecule is CCC(C)(C)C(=O)NCC[N+](C)(C)CCS(=O)(=O)[O-]. The largest absolute Gasteiger partial charge is 0.748 e. The van der Waals surface area contributed by atoms with Gasteiger partial charge >= 0.3 is 0 Å². The summed E-state index contributed by atoms with van der Waals surface area (Å²) in [6.45, 7) is 7.02. The Bertz CT molecular complexity index is 402. The lowest BCUT2D eigenvalue weighted by molar-refractivity contribution is -0.886. The summed E-state index contributed by atoms with van der Waals surface area (Å²) in [5, 5.41) is 2.84. The van der Waals surface area contributed by atoms with Crippen LogP contribution in [-0.4, -0.2) is 62.8 Å². The predicted octanol–water partition coefficient (Wildman–Crippen LogP) is 0.160. The van der Waals surface area contributed by atoms with E-state index in [-0.39, 0.29) is 18.2 Å². The van der Waals surface area contributed by atoms with Crippen molar-refractivity contribution in [2.75, 3.05) is 39.5 Å². The van der Waals surface area contributed by atoms with Crippen LogP contribution in [0, 0.1) is 5.41 Å². The number of rotatable bonds is 8. The summed E-state index contributed by atoms with van der Waals surface area (Å²) in [7, 11) is -0.508. The monoisotopic (exact) mass is 294 g/mol. The number of carbonyl (C=O) groups excluding carboxylic acids is 1. The number of amides is 1. The van der Waals surface area contributed by atoms with Crippen molar-refractivity contribution in [1.29, 1.82) is 0 Å². The second kappa shape index (κ2) is 6.67. The van der Waals surface area contributed by atoms with Crippen LogP contribution in [0.1, 0.15) is 27.2 Å². The maximum atomic E-state index is 11.8. The molecule has 0 aliphatic rings. The normalized spacial score (nSPS) is 13.4. The van der Waals surface area contributed by atoms with Gasteiger partial charge in [0.15, 0.2) is 0 Å². The van der Waals surface area contributed by atoms with Gasteiger partial charge in [-0.05, 0) is 6.42 Å². The van der Waals surface area contributed by atoms with Crippen LogP contribution >= 0.6 is 0 Å². The smallest absolute Gasteiger partial charge is 0.225 e. The predicted molar refractivity (Wildman–Crippen MR) is 73.5 cm³/mol. The van der Waals surface area contributed by atoms with E-state index in [1.807, 2.05) is 34.9 Å². The lowest BCUT2D eigenvalue weighted by Gasteiger charge is -2.31. The maximum absolute atomic E-state index is 11.8. The summed E-state index contributed by atoms with van der Waals surface area (Å²) >= 11 is 0. The second-order valence-electron chi connectivity index (χ2n) is 6.14. The molecule has 19 heavy (non-hydrogen) atoms. The zero-order chi connectivity index (χ0) is 15.3. The van der Waals surface area contributed by atoms with Crippen molar-refractivity contribution in [3.8, 4) is 0 Å². The van der Waals surface area contributed by atoms with Crippen molar-refractivity contribution in [2.45, 2.75) is 27.2 Å². The summed E-state index contributed by atoms with van der Waals surface area (Å²) in [6, 6.07) is 0. The standard InChI is InChI=1S/C12H26N2O4S/c1-6-12(2,3)11(15)13-7-8-14(4,5)9-10-19(16,17)18/h6-10H2,1-5H3,(H-,13,15,16,17,18). The van der Waals surface area contributed by atoms with Crippen molar-refractivity contribution in [2.24, 2.45) is 5.41 Å². The van der Waals surface area contributed by atoms with Gasteiger partial charge in [-0.15, -0.1) is 0 Å². The molecule has 0 aromatic rings. The van der Waals surface area contributed by atoms with Gasteiger partial charge in [0.1, 0.15) is 10.1 Å². The first-order valence-corrected chi connectivity index (χ1v) is 8.01. The minimum absolute atomic E-state index is 0.00792. The van der Waals surface area contributed by atoms with Crippen LogP contribution < -0.4 is 5.32 Å². The zero-order valence-corrected chi connectivity index (χ0v) is 13.3. The van der Waals surface area contributed by atoms with E-state index in [2.05, 4.69) is 5.32 Å². The molecule has 0 aromatic carbocycles. The van der Waals surface area contributed by atoms with E-state index >= 15 is 0 Å². The molecule has 7 heteroatoms. The van der Waals surface area contributed by atoms with Crippen LogP contribution in [0.3, 0.4) is 0 Å². The Kier molecular flexibility index (Phi) is 6.44. The molecule has 0 radical (unpaired) electrons. The Morgan fingerprint density at radius 3 is 2.21 bits per heavy atom. The number of hydrogen-bond donors (Lipinski definition) is 1. The van der Waals surface area contributed by atoms with Crippen LogP contribution in [0.15, 0.2) is 0 Å². The molecule has 0 saturated heterocycles.